The van der Waals surface area contributed by atoms with Gasteiger partial charge in [0.05, 0.1) is 6.20 Å². The zero-order valence-corrected chi connectivity index (χ0v) is 15.5. The summed E-state index contributed by atoms with van der Waals surface area (Å²) in [5.41, 5.74) is 0. The van der Waals surface area contributed by atoms with Crippen molar-refractivity contribution in [3.05, 3.63) is 41.4 Å². The van der Waals surface area contributed by atoms with E-state index in [1.807, 2.05) is 30.3 Å². The molecule has 0 radical (unpaired) electrons. The molecule has 24 heavy (non-hydrogen) atoms. The Kier molecular flexibility index (Phi) is 6.75. The fourth-order valence-electron chi connectivity index (χ4n) is 2.50. The zero-order chi connectivity index (χ0) is 17.5. The van der Waals surface area contributed by atoms with Crippen LogP contribution in [0.2, 0.25) is 0 Å². The van der Waals surface area contributed by atoms with E-state index in [-0.39, 0.29) is 5.91 Å². The number of benzene rings is 1. The van der Waals surface area contributed by atoms with E-state index in [4.69, 9.17) is 4.74 Å². The summed E-state index contributed by atoms with van der Waals surface area (Å²) in [5.74, 6) is 0.603. The van der Waals surface area contributed by atoms with Gasteiger partial charge in [-0.2, -0.15) is 0 Å². The second-order valence-electron chi connectivity index (χ2n) is 6.09. The first kappa shape index (κ1) is 18.4. The van der Waals surface area contributed by atoms with Crippen LogP contribution in [0, 0.1) is 0 Å². The highest BCUT2D eigenvalue weighted by Crippen LogP contribution is 2.26. The fourth-order valence-corrected chi connectivity index (χ4v) is 3.20. The Hall–Kier alpha value is -1.92. The molecule has 0 fully saturated rings. The molecule has 0 saturated heterocycles. The van der Waals surface area contributed by atoms with Crippen LogP contribution in [0.25, 0.3) is 0 Å². The van der Waals surface area contributed by atoms with Gasteiger partial charge in [0.2, 0.25) is 0 Å². The fraction of sp³-hybridized carbons (Fsp3) is 0.444. The van der Waals surface area contributed by atoms with Gasteiger partial charge in [-0.15, -0.1) is 0 Å². The Labute approximate surface area is 147 Å². The van der Waals surface area contributed by atoms with Crippen molar-refractivity contribution in [1.29, 1.82) is 0 Å². The molecule has 1 aromatic carbocycles. The summed E-state index contributed by atoms with van der Waals surface area (Å²) in [6, 6.07) is 10.3. The lowest BCUT2D eigenvalue weighted by Gasteiger charge is -2.30. The Bertz CT molecular complexity index is 633. The van der Waals surface area contributed by atoms with Gasteiger partial charge in [-0.1, -0.05) is 29.5 Å². The number of carbonyl (C=O) groups excluding carboxylic acids is 1. The van der Waals surface area contributed by atoms with E-state index >= 15 is 0 Å². The quantitative estimate of drug-likeness (QED) is 0.789. The number of rotatable bonds is 8. The lowest BCUT2D eigenvalue weighted by atomic mass is 10.2. The average molecular weight is 347 g/mol. The van der Waals surface area contributed by atoms with Crippen LogP contribution in [0.4, 0.5) is 0 Å². The first-order valence-electron chi connectivity index (χ1n) is 8.20. The monoisotopic (exact) mass is 347 g/mol. The van der Waals surface area contributed by atoms with E-state index in [0.29, 0.717) is 34.4 Å². The molecule has 0 aliphatic heterocycles. The van der Waals surface area contributed by atoms with Crippen LogP contribution >= 0.6 is 11.3 Å². The standard InChI is InChI=1S/C18H25N3O2S/c1-13(2)21(14(3)4)11-10-19-17(22)16-12-20-18(24-16)23-15-8-6-5-7-9-15/h5-9,12-14H,10-11H2,1-4H3,(H,19,22). The van der Waals surface area contributed by atoms with Gasteiger partial charge in [0.1, 0.15) is 10.6 Å². The maximum atomic E-state index is 12.2. The first-order valence-corrected chi connectivity index (χ1v) is 9.01. The Morgan fingerprint density at radius 3 is 2.50 bits per heavy atom. The number of nitrogens with one attached hydrogen (secondary N) is 1. The molecule has 6 heteroatoms. The molecule has 2 aromatic rings. The molecule has 2 rings (SSSR count). The number of hydrogen-bond acceptors (Lipinski definition) is 5. The van der Waals surface area contributed by atoms with Gasteiger partial charge < -0.3 is 10.1 Å². The van der Waals surface area contributed by atoms with Crippen molar-refractivity contribution in [3.63, 3.8) is 0 Å². The molecule has 130 valence electrons. The van der Waals surface area contributed by atoms with Crippen LogP contribution in [0.5, 0.6) is 10.9 Å². The maximum Gasteiger partial charge on any atom is 0.279 e. The molecule has 1 N–H and O–H groups in total. The third-order valence-corrected chi connectivity index (χ3v) is 4.51. The minimum absolute atomic E-state index is 0.108. The summed E-state index contributed by atoms with van der Waals surface area (Å²) in [6.07, 6.45) is 1.56. The number of amides is 1. The third kappa shape index (κ3) is 5.32. The van der Waals surface area contributed by atoms with Crippen molar-refractivity contribution in [2.45, 2.75) is 39.8 Å². The topological polar surface area (TPSA) is 54.5 Å². The number of nitrogens with zero attached hydrogens (tertiary/aromatic N) is 2. The molecular weight excluding hydrogens is 322 g/mol. The summed E-state index contributed by atoms with van der Waals surface area (Å²) in [4.78, 5) is 19.3. The number of ether oxygens (including phenoxy) is 1. The Balaban J connectivity index is 1.85. The van der Waals surface area contributed by atoms with Crippen molar-refractivity contribution in [1.82, 2.24) is 15.2 Å². The van der Waals surface area contributed by atoms with Gasteiger partial charge in [-0.3, -0.25) is 9.69 Å². The number of hydrogen-bond donors (Lipinski definition) is 1. The van der Waals surface area contributed by atoms with Crippen LogP contribution in [0.15, 0.2) is 36.5 Å². The van der Waals surface area contributed by atoms with Crippen LogP contribution in [-0.2, 0) is 0 Å². The Morgan fingerprint density at radius 2 is 1.88 bits per heavy atom. The van der Waals surface area contributed by atoms with Crippen molar-refractivity contribution in [2.75, 3.05) is 13.1 Å². The normalized spacial score (nSPS) is 11.3. The molecule has 0 spiro atoms. The maximum absolute atomic E-state index is 12.2. The largest absolute Gasteiger partial charge is 0.431 e. The van der Waals surface area contributed by atoms with Crippen molar-refractivity contribution in [2.24, 2.45) is 0 Å². The molecule has 1 heterocycles. The molecular formula is C18H25N3O2S. The third-order valence-electron chi connectivity index (χ3n) is 3.64. The van der Waals surface area contributed by atoms with Crippen molar-refractivity contribution in [3.8, 4) is 10.9 Å². The van der Waals surface area contributed by atoms with E-state index < -0.39 is 0 Å². The van der Waals surface area contributed by atoms with E-state index in [0.717, 1.165) is 6.54 Å². The van der Waals surface area contributed by atoms with Gasteiger partial charge in [0, 0.05) is 25.2 Å². The highest BCUT2D eigenvalue weighted by atomic mass is 32.1. The summed E-state index contributed by atoms with van der Waals surface area (Å²) in [7, 11) is 0. The van der Waals surface area contributed by atoms with Crippen LogP contribution in [-0.4, -0.2) is 41.0 Å². The van der Waals surface area contributed by atoms with E-state index in [1.54, 1.807) is 6.20 Å². The minimum Gasteiger partial charge on any atom is -0.431 e. The van der Waals surface area contributed by atoms with E-state index in [1.165, 1.54) is 11.3 Å². The lowest BCUT2D eigenvalue weighted by molar-refractivity contribution is 0.0943. The van der Waals surface area contributed by atoms with Gasteiger partial charge >= 0.3 is 0 Å². The van der Waals surface area contributed by atoms with Crippen LogP contribution < -0.4 is 10.1 Å². The summed E-state index contributed by atoms with van der Waals surface area (Å²) < 4.78 is 5.63. The average Bonchev–Trinajstić information content (AvgIpc) is 3.00. The molecule has 0 saturated carbocycles. The van der Waals surface area contributed by atoms with Crippen LogP contribution in [0.3, 0.4) is 0 Å². The first-order chi connectivity index (χ1) is 11.5. The highest BCUT2D eigenvalue weighted by Gasteiger charge is 2.15. The van der Waals surface area contributed by atoms with Gasteiger partial charge in [0.25, 0.3) is 11.1 Å². The van der Waals surface area contributed by atoms with Crippen molar-refractivity contribution >= 4 is 17.2 Å². The van der Waals surface area contributed by atoms with E-state index in [9.17, 15) is 4.79 Å². The number of carbonyl (C=O) groups is 1. The Morgan fingerprint density at radius 1 is 1.21 bits per heavy atom. The van der Waals surface area contributed by atoms with Gasteiger partial charge in [-0.25, -0.2) is 4.98 Å². The highest BCUT2D eigenvalue weighted by molar-refractivity contribution is 7.15. The van der Waals surface area contributed by atoms with Crippen molar-refractivity contribution < 1.29 is 9.53 Å². The summed E-state index contributed by atoms with van der Waals surface area (Å²) in [6.45, 7) is 10.1. The molecule has 0 unspecified atom stereocenters. The SMILES string of the molecule is CC(C)N(CCNC(=O)c1cnc(Oc2ccccc2)s1)C(C)C. The predicted molar refractivity (Wildman–Crippen MR) is 97.9 cm³/mol. The summed E-state index contributed by atoms with van der Waals surface area (Å²) >= 11 is 1.25. The summed E-state index contributed by atoms with van der Waals surface area (Å²) in [5, 5.41) is 3.42. The zero-order valence-electron chi connectivity index (χ0n) is 14.7. The molecule has 5 nitrogen and oxygen atoms in total. The molecule has 1 amide bonds. The molecule has 0 aliphatic rings. The molecule has 1 aromatic heterocycles. The predicted octanol–water partition coefficient (Wildman–Crippen LogP) is 3.78. The van der Waals surface area contributed by atoms with Gasteiger partial charge in [0.15, 0.2) is 0 Å². The molecule has 0 bridgehead atoms. The van der Waals surface area contributed by atoms with E-state index in [2.05, 4.69) is 42.9 Å². The number of thiazole rings is 1. The number of aromatic nitrogens is 1. The smallest absolute Gasteiger partial charge is 0.279 e. The minimum atomic E-state index is -0.108. The molecule has 0 aliphatic carbocycles. The number of para-hydroxylation sites is 1. The van der Waals surface area contributed by atoms with Crippen LogP contribution in [0.1, 0.15) is 37.4 Å². The lowest BCUT2D eigenvalue weighted by Crippen LogP contribution is -2.42. The second kappa shape index (κ2) is 8.80. The van der Waals surface area contributed by atoms with Gasteiger partial charge in [-0.05, 0) is 39.8 Å². The molecule has 0 atom stereocenters. The second-order valence-corrected chi connectivity index (χ2v) is 7.08.